The minimum Gasteiger partial charge on any atom is -0.425 e. The molecule has 3 aromatic rings. The second kappa shape index (κ2) is 11.6. The molecular formula is C27H26O6. The molecule has 3 rings (SSSR count). The average molecular weight is 446 g/mol. The van der Waals surface area contributed by atoms with Crippen LogP contribution in [0.15, 0.2) is 91.0 Å². The van der Waals surface area contributed by atoms with E-state index in [9.17, 15) is 14.4 Å². The molecule has 0 amide bonds. The van der Waals surface area contributed by atoms with Crippen LogP contribution in [0, 0.1) is 5.41 Å². The molecule has 0 heterocycles. The van der Waals surface area contributed by atoms with Crippen LogP contribution in [0.3, 0.4) is 0 Å². The van der Waals surface area contributed by atoms with Crippen LogP contribution in [0.2, 0.25) is 0 Å². The summed E-state index contributed by atoms with van der Waals surface area (Å²) in [5.74, 6) is -2.47. The third kappa shape index (κ3) is 6.07. The maximum atomic E-state index is 13.5. The van der Waals surface area contributed by atoms with Crippen molar-refractivity contribution in [2.45, 2.75) is 32.6 Å². The zero-order chi connectivity index (χ0) is 23.5. The maximum Gasteiger partial charge on any atom is 0.340 e. The quantitative estimate of drug-likeness (QED) is 0.180. The average Bonchev–Trinajstić information content (AvgIpc) is 2.83. The molecule has 0 spiro atoms. The zero-order valence-electron chi connectivity index (χ0n) is 18.4. The van der Waals surface area contributed by atoms with E-state index in [2.05, 4.69) is 0 Å². The number of hydrogen-bond acceptors (Lipinski definition) is 6. The van der Waals surface area contributed by atoms with Crippen molar-refractivity contribution in [3.8, 4) is 17.2 Å². The third-order valence-electron chi connectivity index (χ3n) is 5.06. The Morgan fingerprint density at radius 3 is 1.21 bits per heavy atom. The Bertz CT molecular complexity index is 918. The Hall–Kier alpha value is -3.93. The Morgan fingerprint density at radius 1 is 0.576 bits per heavy atom. The van der Waals surface area contributed by atoms with Crippen molar-refractivity contribution >= 4 is 17.9 Å². The summed E-state index contributed by atoms with van der Waals surface area (Å²) in [6.07, 6.45) is 1.85. The Labute approximate surface area is 193 Å². The first-order valence-corrected chi connectivity index (χ1v) is 10.9. The summed E-state index contributed by atoms with van der Waals surface area (Å²) in [5, 5.41) is 0. The fourth-order valence-corrected chi connectivity index (χ4v) is 3.24. The number of carbonyl (C=O) groups excluding carboxylic acids is 3. The van der Waals surface area contributed by atoms with Crippen molar-refractivity contribution in [2.24, 2.45) is 5.41 Å². The van der Waals surface area contributed by atoms with Crippen molar-refractivity contribution in [1.82, 2.24) is 0 Å². The van der Waals surface area contributed by atoms with Crippen LogP contribution in [-0.4, -0.2) is 17.9 Å². The van der Waals surface area contributed by atoms with E-state index in [0.717, 1.165) is 6.42 Å². The monoisotopic (exact) mass is 446 g/mol. The molecule has 33 heavy (non-hydrogen) atoms. The van der Waals surface area contributed by atoms with E-state index in [1.165, 1.54) is 0 Å². The first-order valence-electron chi connectivity index (χ1n) is 10.9. The molecule has 0 bridgehead atoms. The molecule has 0 aromatic heterocycles. The minimum absolute atomic E-state index is 0.107. The number of ether oxygens (including phenoxy) is 3. The highest BCUT2D eigenvalue weighted by Crippen LogP contribution is 2.33. The summed E-state index contributed by atoms with van der Waals surface area (Å²) in [6.45, 7) is 1.98. The molecule has 0 atom stereocenters. The molecule has 0 aliphatic heterocycles. The molecule has 0 fully saturated rings. The number of hydrogen-bond donors (Lipinski definition) is 0. The van der Waals surface area contributed by atoms with Gasteiger partial charge in [-0.05, 0) is 42.8 Å². The van der Waals surface area contributed by atoms with Gasteiger partial charge in [0.2, 0.25) is 0 Å². The predicted octanol–water partition coefficient (Wildman–Crippen LogP) is 5.37. The van der Waals surface area contributed by atoms with Gasteiger partial charge >= 0.3 is 17.9 Å². The van der Waals surface area contributed by atoms with E-state index in [-0.39, 0.29) is 23.7 Å². The topological polar surface area (TPSA) is 78.9 Å². The van der Waals surface area contributed by atoms with Gasteiger partial charge in [0.15, 0.2) is 0 Å². The van der Waals surface area contributed by atoms with Gasteiger partial charge in [0.05, 0.1) is 0 Å². The number of benzene rings is 3. The third-order valence-corrected chi connectivity index (χ3v) is 5.06. The standard InChI is InChI=1S/C27H26O6/c1-2-3-13-20-27(24(28)31-21-14-7-4-8-15-21,25(29)32-22-16-9-5-10-17-22)26(30)33-23-18-11-6-12-19-23/h4-12,14-19H,2-3,13,20H2,1H3. The van der Waals surface area contributed by atoms with Gasteiger partial charge in [0, 0.05) is 0 Å². The summed E-state index contributed by atoms with van der Waals surface area (Å²) in [6, 6.07) is 24.8. The molecular weight excluding hydrogens is 420 g/mol. The second-order valence-corrected chi connectivity index (χ2v) is 7.47. The van der Waals surface area contributed by atoms with Crippen molar-refractivity contribution in [1.29, 1.82) is 0 Å². The van der Waals surface area contributed by atoms with E-state index in [4.69, 9.17) is 14.2 Å². The summed E-state index contributed by atoms with van der Waals surface area (Å²) >= 11 is 0. The highest BCUT2D eigenvalue weighted by atomic mass is 16.6. The Balaban J connectivity index is 2.00. The molecule has 3 aromatic carbocycles. The zero-order valence-corrected chi connectivity index (χ0v) is 18.4. The van der Waals surface area contributed by atoms with Gasteiger partial charge in [-0.2, -0.15) is 0 Å². The van der Waals surface area contributed by atoms with Crippen LogP contribution >= 0.6 is 0 Å². The number of carbonyl (C=O) groups is 3. The normalized spacial score (nSPS) is 10.8. The molecule has 0 unspecified atom stereocenters. The molecule has 0 N–H and O–H groups in total. The summed E-state index contributed by atoms with van der Waals surface area (Å²) in [5.41, 5.74) is -2.29. The van der Waals surface area contributed by atoms with E-state index in [1.54, 1.807) is 91.0 Å². The highest BCUT2D eigenvalue weighted by Gasteiger charge is 2.57. The lowest BCUT2D eigenvalue weighted by Gasteiger charge is -2.27. The van der Waals surface area contributed by atoms with Crippen molar-refractivity contribution < 1.29 is 28.6 Å². The fourth-order valence-electron chi connectivity index (χ4n) is 3.24. The fraction of sp³-hybridized carbons (Fsp3) is 0.222. The number of rotatable bonds is 10. The van der Waals surface area contributed by atoms with Gasteiger partial charge in [-0.1, -0.05) is 80.8 Å². The number of unbranched alkanes of at least 4 members (excludes halogenated alkanes) is 2. The first kappa shape index (κ1) is 23.7. The molecule has 0 aliphatic carbocycles. The van der Waals surface area contributed by atoms with Crippen LogP contribution in [0.25, 0.3) is 0 Å². The van der Waals surface area contributed by atoms with Gasteiger partial charge in [-0.3, -0.25) is 0 Å². The van der Waals surface area contributed by atoms with E-state index < -0.39 is 23.3 Å². The van der Waals surface area contributed by atoms with Crippen LogP contribution in [0.5, 0.6) is 17.2 Å². The van der Waals surface area contributed by atoms with Gasteiger partial charge in [-0.25, -0.2) is 14.4 Å². The Kier molecular flexibility index (Phi) is 8.36. The summed E-state index contributed by atoms with van der Waals surface area (Å²) < 4.78 is 16.5. The van der Waals surface area contributed by atoms with Gasteiger partial charge < -0.3 is 14.2 Å². The molecule has 0 radical (unpaired) electrons. The lowest BCUT2D eigenvalue weighted by atomic mass is 9.82. The van der Waals surface area contributed by atoms with Crippen LogP contribution < -0.4 is 14.2 Å². The Morgan fingerprint density at radius 2 is 0.909 bits per heavy atom. The van der Waals surface area contributed by atoms with Crippen molar-refractivity contribution in [3.05, 3.63) is 91.0 Å². The lowest BCUT2D eigenvalue weighted by molar-refractivity contribution is -0.172. The number of para-hydroxylation sites is 3. The van der Waals surface area contributed by atoms with E-state index >= 15 is 0 Å². The van der Waals surface area contributed by atoms with Crippen LogP contribution in [-0.2, 0) is 14.4 Å². The molecule has 0 saturated heterocycles. The van der Waals surface area contributed by atoms with E-state index in [0.29, 0.717) is 12.8 Å². The molecule has 0 aliphatic rings. The summed E-state index contributed by atoms with van der Waals surface area (Å²) in [7, 11) is 0. The largest absolute Gasteiger partial charge is 0.425 e. The molecule has 6 heteroatoms. The van der Waals surface area contributed by atoms with Crippen molar-refractivity contribution in [3.63, 3.8) is 0 Å². The molecule has 170 valence electrons. The SMILES string of the molecule is CCCCCC(C(=O)Oc1ccccc1)(C(=O)Oc1ccccc1)C(=O)Oc1ccccc1. The van der Waals surface area contributed by atoms with Crippen LogP contribution in [0.4, 0.5) is 0 Å². The molecule has 6 nitrogen and oxygen atoms in total. The van der Waals surface area contributed by atoms with Gasteiger partial charge in [0.1, 0.15) is 17.2 Å². The van der Waals surface area contributed by atoms with Gasteiger partial charge in [0.25, 0.3) is 5.41 Å². The highest BCUT2D eigenvalue weighted by molar-refractivity contribution is 6.19. The molecule has 0 saturated carbocycles. The second-order valence-electron chi connectivity index (χ2n) is 7.47. The van der Waals surface area contributed by atoms with Crippen LogP contribution in [0.1, 0.15) is 32.6 Å². The minimum atomic E-state index is -2.29. The summed E-state index contributed by atoms with van der Waals surface area (Å²) in [4.78, 5) is 40.4. The predicted molar refractivity (Wildman–Crippen MR) is 123 cm³/mol. The smallest absolute Gasteiger partial charge is 0.340 e. The maximum absolute atomic E-state index is 13.5. The van der Waals surface area contributed by atoms with Gasteiger partial charge in [-0.15, -0.1) is 0 Å². The van der Waals surface area contributed by atoms with Crippen molar-refractivity contribution in [2.75, 3.05) is 0 Å². The number of esters is 3. The van der Waals surface area contributed by atoms with E-state index in [1.807, 2.05) is 6.92 Å². The lowest BCUT2D eigenvalue weighted by Crippen LogP contribution is -2.52. The first-order chi connectivity index (χ1) is 16.1.